The van der Waals surface area contributed by atoms with Gasteiger partial charge in [-0.15, -0.1) is 0 Å². The number of nitrogens with zero attached hydrogens (tertiary/aromatic N) is 2. The van der Waals surface area contributed by atoms with E-state index in [0.717, 1.165) is 11.3 Å². The summed E-state index contributed by atoms with van der Waals surface area (Å²) in [6.07, 6.45) is -0.154. The van der Waals surface area contributed by atoms with Gasteiger partial charge in [-0.25, -0.2) is 4.39 Å². The third kappa shape index (κ3) is 3.47. The van der Waals surface area contributed by atoms with Crippen molar-refractivity contribution in [2.24, 2.45) is 0 Å². The Bertz CT molecular complexity index is 956. The van der Waals surface area contributed by atoms with Crippen molar-refractivity contribution in [3.63, 3.8) is 0 Å². The lowest BCUT2D eigenvalue weighted by molar-refractivity contribution is -0.00118. The minimum Gasteiger partial charge on any atom is -0.365 e. The number of benzene rings is 2. The van der Waals surface area contributed by atoms with Gasteiger partial charge in [-0.3, -0.25) is 9.48 Å². The summed E-state index contributed by atoms with van der Waals surface area (Å²) < 4.78 is 20.9. The minimum atomic E-state index is -0.411. The Hall–Kier alpha value is -2.70. The van der Waals surface area contributed by atoms with Crippen LogP contribution in [-0.4, -0.2) is 15.7 Å². The molecule has 26 heavy (non-hydrogen) atoms. The van der Waals surface area contributed by atoms with Crippen LogP contribution in [0.5, 0.6) is 0 Å². The van der Waals surface area contributed by atoms with Gasteiger partial charge in [0.1, 0.15) is 11.9 Å². The molecule has 1 amide bonds. The minimum absolute atomic E-state index is 0.154. The van der Waals surface area contributed by atoms with Gasteiger partial charge in [0.25, 0.3) is 5.91 Å². The van der Waals surface area contributed by atoms with Crippen LogP contribution in [0.1, 0.15) is 27.8 Å². The zero-order valence-electron chi connectivity index (χ0n) is 13.7. The van der Waals surface area contributed by atoms with E-state index in [-0.39, 0.29) is 17.7 Å². The first kappa shape index (κ1) is 16.8. The van der Waals surface area contributed by atoms with Crippen LogP contribution in [0.15, 0.2) is 54.6 Å². The van der Waals surface area contributed by atoms with Gasteiger partial charge in [0.15, 0.2) is 5.69 Å². The first-order valence-electron chi connectivity index (χ1n) is 8.09. The summed E-state index contributed by atoms with van der Waals surface area (Å²) >= 11 is 5.92. The molecule has 0 saturated heterocycles. The summed E-state index contributed by atoms with van der Waals surface area (Å²) in [6.45, 7) is 0.859. The van der Waals surface area contributed by atoms with Crippen LogP contribution in [0.4, 0.5) is 10.1 Å². The summed E-state index contributed by atoms with van der Waals surface area (Å²) in [4.78, 5) is 12.4. The third-order valence-corrected chi connectivity index (χ3v) is 4.44. The number of amides is 1. The van der Waals surface area contributed by atoms with Crippen LogP contribution in [-0.2, 0) is 17.9 Å². The van der Waals surface area contributed by atoms with Gasteiger partial charge in [-0.05, 0) is 42.0 Å². The van der Waals surface area contributed by atoms with Gasteiger partial charge in [0, 0.05) is 10.7 Å². The number of hydrogen-bond donors (Lipinski definition) is 1. The zero-order chi connectivity index (χ0) is 18.1. The van der Waals surface area contributed by atoms with Gasteiger partial charge < -0.3 is 10.1 Å². The van der Waals surface area contributed by atoms with E-state index in [9.17, 15) is 9.18 Å². The molecule has 4 rings (SSSR count). The molecule has 7 heteroatoms. The molecule has 1 aliphatic heterocycles. The number of rotatable bonds is 3. The van der Waals surface area contributed by atoms with E-state index in [1.54, 1.807) is 16.8 Å². The molecule has 0 aliphatic carbocycles. The largest absolute Gasteiger partial charge is 0.365 e. The summed E-state index contributed by atoms with van der Waals surface area (Å²) in [6, 6.07) is 14.9. The molecule has 1 N–H and O–H groups in total. The van der Waals surface area contributed by atoms with Crippen molar-refractivity contribution in [3.05, 3.63) is 82.4 Å². The fourth-order valence-corrected chi connectivity index (χ4v) is 3.00. The Balaban J connectivity index is 1.50. The molecular weight excluding hydrogens is 357 g/mol. The Kier molecular flexibility index (Phi) is 4.44. The second kappa shape index (κ2) is 6.90. The predicted molar refractivity (Wildman–Crippen MR) is 95.6 cm³/mol. The van der Waals surface area contributed by atoms with Crippen LogP contribution in [0, 0.1) is 5.82 Å². The highest BCUT2D eigenvalue weighted by atomic mass is 35.5. The maximum atomic E-state index is 13.2. The van der Waals surface area contributed by atoms with Crippen molar-refractivity contribution in [2.75, 3.05) is 5.32 Å². The number of fused-ring (bicyclic) bond motifs is 1. The van der Waals surface area contributed by atoms with Crippen molar-refractivity contribution in [1.29, 1.82) is 0 Å². The zero-order valence-corrected chi connectivity index (χ0v) is 14.4. The van der Waals surface area contributed by atoms with Crippen molar-refractivity contribution >= 4 is 23.2 Å². The molecule has 2 heterocycles. The van der Waals surface area contributed by atoms with Crippen molar-refractivity contribution in [2.45, 2.75) is 19.3 Å². The van der Waals surface area contributed by atoms with Crippen LogP contribution < -0.4 is 5.32 Å². The van der Waals surface area contributed by atoms with Crippen LogP contribution >= 0.6 is 11.6 Å². The molecule has 5 nitrogen and oxygen atoms in total. The monoisotopic (exact) mass is 371 g/mol. The summed E-state index contributed by atoms with van der Waals surface area (Å²) in [5, 5.41) is 7.68. The highest BCUT2D eigenvalue weighted by Crippen LogP contribution is 2.27. The van der Waals surface area contributed by atoms with E-state index in [0.29, 0.717) is 23.9 Å². The Morgan fingerprint density at radius 1 is 1.23 bits per heavy atom. The molecule has 1 aliphatic rings. The molecule has 0 saturated carbocycles. The molecule has 0 fully saturated rings. The summed E-state index contributed by atoms with van der Waals surface area (Å²) in [7, 11) is 0. The molecule has 132 valence electrons. The maximum Gasteiger partial charge on any atom is 0.276 e. The molecule has 0 radical (unpaired) electrons. The number of carbonyl (C=O) groups is 1. The van der Waals surface area contributed by atoms with Crippen LogP contribution in [0.3, 0.4) is 0 Å². The summed E-state index contributed by atoms with van der Waals surface area (Å²) in [5.74, 6) is -0.799. The molecule has 0 spiro atoms. The van der Waals surface area contributed by atoms with Gasteiger partial charge in [-0.2, -0.15) is 5.10 Å². The summed E-state index contributed by atoms with van der Waals surface area (Å²) in [5.41, 5.74) is 2.47. The first-order valence-corrected chi connectivity index (χ1v) is 8.47. The third-order valence-electron chi connectivity index (χ3n) is 4.19. The molecule has 0 unspecified atom stereocenters. The number of ether oxygens (including phenoxy) is 1. The number of anilines is 1. The maximum absolute atomic E-state index is 13.2. The number of hydrogen-bond acceptors (Lipinski definition) is 3. The number of aromatic nitrogens is 2. The SMILES string of the molecule is O=C(Nc1cccc(F)c1)c1cc2n(n1)C[C@H](c1ccc(Cl)cc1)OC2. The van der Waals surface area contributed by atoms with E-state index in [2.05, 4.69) is 10.4 Å². The van der Waals surface area contributed by atoms with Gasteiger partial charge in [-0.1, -0.05) is 29.8 Å². The average molecular weight is 372 g/mol. The van der Waals surface area contributed by atoms with Gasteiger partial charge in [0.2, 0.25) is 0 Å². The lowest BCUT2D eigenvalue weighted by Crippen LogP contribution is -2.22. The fourth-order valence-electron chi connectivity index (χ4n) is 2.88. The van der Waals surface area contributed by atoms with Crippen molar-refractivity contribution in [3.8, 4) is 0 Å². The lowest BCUT2D eigenvalue weighted by atomic mass is 10.1. The smallest absolute Gasteiger partial charge is 0.276 e. The molecule has 1 atom stereocenters. The highest BCUT2D eigenvalue weighted by Gasteiger charge is 2.24. The molecule has 1 aromatic heterocycles. The Morgan fingerprint density at radius 2 is 2.04 bits per heavy atom. The fraction of sp³-hybridized carbons (Fsp3) is 0.158. The predicted octanol–water partition coefficient (Wildman–Crippen LogP) is 4.20. The molecule has 0 bridgehead atoms. The molecule has 3 aromatic rings. The van der Waals surface area contributed by atoms with E-state index < -0.39 is 5.82 Å². The van der Waals surface area contributed by atoms with Crippen molar-refractivity contribution in [1.82, 2.24) is 9.78 Å². The van der Waals surface area contributed by atoms with Crippen LogP contribution in [0.2, 0.25) is 5.02 Å². The van der Waals surface area contributed by atoms with Crippen LogP contribution in [0.25, 0.3) is 0 Å². The van der Waals surface area contributed by atoms with E-state index in [1.165, 1.54) is 18.2 Å². The van der Waals surface area contributed by atoms with E-state index >= 15 is 0 Å². The first-order chi connectivity index (χ1) is 12.6. The Labute approximate surface area is 154 Å². The van der Waals surface area contributed by atoms with Crippen molar-refractivity contribution < 1.29 is 13.9 Å². The topological polar surface area (TPSA) is 56.2 Å². The quantitative estimate of drug-likeness (QED) is 0.750. The second-order valence-corrected chi connectivity index (χ2v) is 6.46. The molecule has 2 aromatic carbocycles. The normalized spacial score (nSPS) is 16.2. The number of carbonyl (C=O) groups excluding carboxylic acids is 1. The lowest BCUT2D eigenvalue weighted by Gasteiger charge is -2.24. The second-order valence-electron chi connectivity index (χ2n) is 6.02. The van der Waals surface area contributed by atoms with Gasteiger partial charge in [0.05, 0.1) is 18.8 Å². The Morgan fingerprint density at radius 3 is 2.81 bits per heavy atom. The van der Waals surface area contributed by atoms with E-state index in [1.807, 2.05) is 24.3 Å². The number of halogens is 2. The van der Waals surface area contributed by atoms with Gasteiger partial charge >= 0.3 is 0 Å². The average Bonchev–Trinajstić information content (AvgIpc) is 3.06. The van der Waals surface area contributed by atoms with E-state index in [4.69, 9.17) is 16.3 Å². The standard InChI is InChI=1S/C19H15ClFN3O2/c20-13-6-4-12(5-7-13)18-10-24-16(11-26-18)9-17(23-24)19(25)22-15-3-1-2-14(21)8-15/h1-9,18H,10-11H2,(H,22,25)/t18-/m1/s1. The highest BCUT2D eigenvalue weighted by molar-refractivity contribution is 6.30. The number of nitrogens with one attached hydrogen (secondary N) is 1. The molecular formula is C19H15ClFN3O2.